The van der Waals surface area contributed by atoms with Crippen molar-refractivity contribution in [2.75, 3.05) is 5.32 Å². The van der Waals surface area contributed by atoms with Crippen molar-refractivity contribution in [1.82, 2.24) is 5.32 Å². The lowest BCUT2D eigenvalue weighted by molar-refractivity contribution is -0.136. The molecule has 5 heteroatoms. The number of aromatic hydroxyl groups is 1. The Morgan fingerprint density at radius 2 is 1.89 bits per heavy atom. The maximum absolute atomic E-state index is 11.6. The molecule has 0 spiro atoms. The van der Waals surface area contributed by atoms with Crippen molar-refractivity contribution in [1.29, 1.82) is 0 Å². The molecule has 1 aliphatic rings. The number of phenolic OH excluding ortho intramolecular Hbond substituents is 1. The van der Waals surface area contributed by atoms with Gasteiger partial charge in [0.1, 0.15) is 5.75 Å². The average molecular weight is 248 g/mol. The molecule has 0 bridgehead atoms. The minimum atomic E-state index is -0.701. The van der Waals surface area contributed by atoms with E-state index in [9.17, 15) is 14.7 Å². The molecule has 3 N–H and O–H groups in total. The normalized spacial score (nSPS) is 15.3. The molecule has 0 saturated heterocycles. The van der Waals surface area contributed by atoms with Gasteiger partial charge in [-0.25, -0.2) is 0 Å². The third kappa shape index (κ3) is 3.23. The minimum absolute atomic E-state index is 0.0454. The third-order valence-electron chi connectivity index (χ3n) is 3.00. The van der Waals surface area contributed by atoms with Crippen LogP contribution in [0.3, 0.4) is 0 Å². The number of hydrogen-bond donors (Lipinski definition) is 3. The zero-order valence-electron chi connectivity index (χ0n) is 9.98. The Morgan fingerprint density at radius 3 is 2.56 bits per heavy atom. The van der Waals surface area contributed by atoms with Crippen LogP contribution in [-0.4, -0.2) is 23.0 Å². The highest BCUT2D eigenvalue weighted by Gasteiger charge is 2.21. The highest BCUT2D eigenvalue weighted by atomic mass is 16.3. The predicted octanol–water partition coefficient (Wildman–Crippen LogP) is 1.39. The lowest BCUT2D eigenvalue weighted by atomic mass is 10.2. The molecule has 2 amide bonds. The predicted molar refractivity (Wildman–Crippen MR) is 67.1 cm³/mol. The zero-order valence-corrected chi connectivity index (χ0v) is 9.98. The first-order valence-corrected chi connectivity index (χ1v) is 6.06. The van der Waals surface area contributed by atoms with E-state index in [1.54, 1.807) is 12.1 Å². The van der Waals surface area contributed by atoms with Gasteiger partial charge >= 0.3 is 11.8 Å². The van der Waals surface area contributed by atoms with Gasteiger partial charge in [0.2, 0.25) is 0 Å². The largest absolute Gasteiger partial charge is 0.508 e. The number of rotatable bonds is 2. The van der Waals surface area contributed by atoms with Crippen LogP contribution >= 0.6 is 0 Å². The summed E-state index contributed by atoms with van der Waals surface area (Å²) >= 11 is 0. The summed E-state index contributed by atoms with van der Waals surface area (Å²) in [5.41, 5.74) is 0.404. The van der Waals surface area contributed by atoms with Crippen LogP contribution in [0.25, 0.3) is 0 Å². The molecule has 1 aromatic carbocycles. The van der Waals surface area contributed by atoms with E-state index in [4.69, 9.17) is 0 Å². The van der Waals surface area contributed by atoms with E-state index < -0.39 is 11.8 Å². The van der Waals surface area contributed by atoms with E-state index in [0.29, 0.717) is 5.69 Å². The van der Waals surface area contributed by atoms with Gasteiger partial charge in [-0.1, -0.05) is 18.9 Å². The van der Waals surface area contributed by atoms with E-state index >= 15 is 0 Å². The van der Waals surface area contributed by atoms with Gasteiger partial charge < -0.3 is 15.7 Å². The van der Waals surface area contributed by atoms with Gasteiger partial charge in [-0.15, -0.1) is 0 Å². The Balaban J connectivity index is 1.88. The molecular formula is C13H16N2O3. The molecule has 18 heavy (non-hydrogen) atoms. The van der Waals surface area contributed by atoms with Crippen LogP contribution in [0.2, 0.25) is 0 Å². The molecule has 2 rings (SSSR count). The number of benzene rings is 1. The van der Waals surface area contributed by atoms with Crippen molar-refractivity contribution in [3.63, 3.8) is 0 Å². The van der Waals surface area contributed by atoms with Crippen LogP contribution in [0.4, 0.5) is 5.69 Å². The van der Waals surface area contributed by atoms with Gasteiger partial charge in [0.05, 0.1) is 0 Å². The monoisotopic (exact) mass is 248 g/mol. The first-order valence-electron chi connectivity index (χ1n) is 6.06. The fourth-order valence-electron chi connectivity index (χ4n) is 2.09. The first-order chi connectivity index (χ1) is 8.65. The van der Waals surface area contributed by atoms with Crippen molar-refractivity contribution < 1.29 is 14.7 Å². The number of amides is 2. The van der Waals surface area contributed by atoms with Crippen molar-refractivity contribution in [2.24, 2.45) is 0 Å². The van der Waals surface area contributed by atoms with E-state index in [2.05, 4.69) is 10.6 Å². The van der Waals surface area contributed by atoms with Crippen molar-refractivity contribution >= 4 is 17.5 Å². The number of anilines is 1. The van der Waals surface area contributed by atoms with Gasteiger partial charge in [-0.3, -0.25) is 9.59 Å². The SMILES string of the molecule is O=C(Nc1cccc(O)c1)C(=O)NC1CCCC1. The van der Waals surface area contributed by atoms with Crippen LogP contribution in [0, 0.1) is 0 Å². The third-order valence-corrected chi connectivity index (χ3v) is 3.00. The number of phenols is 1. The molecule has 0 radical (unpaired) electrons. The van der Waals surface area contributed by atoms with Gasteiger partial charge in [-0.05, 0) is 25.0 Å². The fourth-order valence-corrected chi connectivity index (χ4v) is 2.09. The maximum Gasteiger partial charge on any atom is 0.313 e. The quantitative estimate of drug-likeness (QED) is 0.692. The molecular weight excluding hydrogens is 232 g/mol. The zero-order chi connectivity index (χ0) is 13.0. The van der Waals surface area contributed by atoms with E-state index in [1.807, 2.05) is 0 Å². The van der Waals surface area contributed by atoms with E-state index in [1.165, 1.54) is 12.1 Å². The minimum Gasteiger partial charge on any atom is -0.508 e. The summed E-state index contributed by atoms with van der Waals surface area (Å²) < 4.78 is 0. The fraction of sp³-hybridized carbons (Fsp3) is 0.385. The van der Waals surface area contributed by atoms with Crippen LogP contribution in [0.15, 0.2) is 24.3 Å². The Kier molecular flexibility index (Phi) is 3.82. The smallest absolute Gasteiger partial charge is 0.313 e. The summed E-state index contributed by atoms with van der Waals surface area (Å²) in [6, 6.07) is 6.21. The van der Waals surface area contributed by atoms with Crippen LogP contribution < -0.4 is 10.6 Å². The second kappa shape index (κ2) is 5.53. The summed E-state index contributed by atoms with van der Waals surface area (Å²) in [5.74, 6) is -1.28. The summed E-state index contributed by atoms with van der Waals surface area (Å²) in [7, 11) is 0. The highest BCUT2D eigenvalue weighted by molar-refractivity contribution is 6.39. The summed E-state index contributed by atoms with van der Waals surface area (Å²) in [6.07, 6.45) is 4.06. The molecule has 1 saturated carbocycles. The van der Waals surface area contributed by atoms with Gasteiger partial charge in [0.15, 0.2) is 0 Å². The molecule has 1 aromatic rings. The molecule has 1 fully saturated rings. The molecule has 0 unspecified atom stereocenters. The van der Waals surface area contributed by atoms with E-state index in [-0.39, 0.29) is 11.8 Å². The number of carbonyl (C=O) groups is 2. The second-order valence-electron chi connectivity index (χ2n) is 4.46. The number of hydrogen-bond acceptors (Lipinski definition) is 3. The molecule has 1 aliphatic carbocycles. The van der Waals surface area contributed by atoms with Gasteiger partial charge in [0, 0.05) is 17.8 Å². The molecule has 0 aliphatic heterocycles. The van der Waals surface area contributed by atoms with Crippen molar-refractivity contribution in [3.8, 4) is 5.75 Å². The average Bonchev–Trinajstić information content (AvgIpc) is 2.81. The maximum atomic E-state index is 11.6. The second-order valence-corrected chi connectivity index (χ2v) is 4.46. The molecule has 96 valence electrons. The summed E-state index contributed by atoms with van der Waals surface area (Å²) in [5, 5.41) is 14.4. The topological polar surface area (TPSA) is 78.4 Å². The number of nitrogens with one attached hydrogen (secondary N) is 2. The lowest BCUT2D eigenvalue weighted by Gasteiger charge is -2.11. The van der Waals surface area contributed by atoms with Crippen LogP contribution in [-0.2, 0) is 9.59 Å². The van der Waals surface area contributed by atoms with Crippen molar-refractivity contribution in [3.05, 3.63) is 24.3 Å². The summed E-state index contributed by atoms with van der Waals surface area (Å²) in [6.45, 7) is 0. The van der Waals surface area contributed by atoms with Gasteiger partial charge in [-0.2, -0.15) is 0 Å². The molecule has 5 nitrogen and oxygen atoms in total. The molecule has 0 atom stereocenters. The molecule has 0 heterocycles. The summed E-state index contributed by atoms with van der Waals surface area (Å²) in [4.78, 5) is 23.2. The Morgan fingerprint density at radius 1 is 1.17 bits per heavy atom. The first kappa shape index (κ1) is 12.4. The lowest BCUT2D eigenvalue weighted by Crippen LogP contribution is -2.40. The standard InChI is InChI=1S/C13H16N2O3/c16-11-7-3-6-10(8-11)15-13(18)12(17)14-9-4-1-2-5-9/h3,6-9,16H,1-2,4-5H2,(H,14,17)(H,15,18). The Hall–Kier alpha value is -2.04. The highest BCUT2D eigenvalue weighted by Crippen LogP contribution is 2.18. The van der Waals surface area contributed by atoms with E-state index in [0.717, 1.165) is 25.7 Å². The van der Waals surface area contributed by atoms with Gasteiger partial charge in [0.25, 0.3) is 0 Å². The Bertz CT molecular complexity index is 453. The molecule has 0 aromatic heterocycles. The van der Waals surface area contributed by atoms with Crippen LogP contribution in [0.1, 0.15) is 25.7 Å². The number of carbonyl (C=O) groups excluding carboxylic acids is 2. The Labute approximate surface area is 105 Å². The van der Waals surface area contributed by atoms with Crippen molar-refractivity contribution in [2.45, 2.75) is 31.7 Å². The van der Waals surface area contributed by atoms with Crippen LogP contribution in [0.5, 0.6) is 5.75 Å².